The second kappa shape index (κ2) is 5.52. The summed E-state index contributed by atoms with van der Waals surface area (Å²) in [5.74, 6) is -0.163. The molecule has 0 bridgehead atoms. The fourth-order valence-electron chi connectivity index (χ4n) is 2.03. The van der Waals surface area contributed by atoms with Gasteiger partial charge in [-0.2, -0.15) is 0 Å². The second-order valence-corrected chi connectivity index (χ2v) is 4.25. The van der Waals surface area contributed by atoms with Gasteiger partial charge in [0, 0.05) is 18.4 Å². The summed E-state index contributed by atoms with van der Waals surface area (Å²) in [5.41, 5.74) is 2.11. The molecule has 2 rings (SSSR count). The zero-order valence-corrected chi connectivity index (χ0v) is 11.0. The zero-order valence-electron chi connectivity index (χ0n) is 11.0. The van der Waals surface area contributed by atoms with Crippen molar-refractivity contribution in [3.63, 3.8) is 0 Å². The number of rotatable bonds is 4. The average Bonchev–Trinajstić information content (AvgIpc) is 2.42. The van der Waals surface area contributed by atoms with Gasteiger partial charge < -0.3 is 10.0 Å². The Kier molecular flexibility index (Phi) is 3.80. The first-order chi connectivity index (χ1) is 9.13. The van der Waals surface area contributed by atoms with Gasteiger partial charge in [-0.25, -0.2) is 9.78 Å². The van der Waals surface area contributed by atoms with E-state index >= 15 is 0 Å². The summed E-state index contributed by atoms with van der Waals surface area (Å²) in [6.07, 6.45) is 1.40. The molecule has 1 aromatic carbocycles. The second-order valence-electron chi connectivity index (χ2n) is 4.25. The van der Waals surface area contributed by atoms with Crippen LogP contribution >= 0.6 is 0 Å². The third-order valence-corrected chi connectivity index (χ3v) is 2.94. The highest BCUT2D eigenvalue weighted by Gasteiger charge is 2.13. The number of hydrogen-bond donors (Lipinski definition) is 1. The summed E-state index contributed by atoms with van der Waals surface area (Å²) in [4.78, 5) is 17.3. The lowest BCUT2D eigenvalue weighted by Gasteiger charge is -2.23. The van der Waals surface area contributed by atoms with Crippen LogP contribution in [0.5, 0.6) is 0 Å². The molecule has 4 nitrogen and oxygen atoms in total. The third kappa shape index (κ3) is 2.73. The van der Waals surface area contributed by atoms with Crippen LogP contribution in [0, 0.1) is 6.92 Å². The topological polar surface area (TPSA) is 53.4 Å². The predicted molar refractivity (Wildman–Crippen MR) is 75.1 cm³/mol. The lowest BCUT2D eigenvalue weighted by molar-refractivity contribution is 0.0696. The molecule has 0 amide bonds. The number of pyridine rings is 1. The van der Waals surface area contributed by atoms with E-state index in [2.05, 4.69) is 9.88 Å². The van der Waals surface area contributed by atoms with E-state index in [1.54, 1.807) is 6.07 Å². The van der Waals surface area contributed by atoms with Crippen molar-refractivity contribution in [2.75, 3.05) is 11.4 Å². The van der Waals surface area contributed by atoms with Gasteiger partial charge in [-0.15, -0.1) is 0 Å². The number of hydrogen-bond acceptors (Lipinski definition) is 3. The Balaban J connectivity index is 2.42. The van der Waals surface area contributed by atoms with Crippen LogP contribution in [0.4, 0.5) is 11.5 Å². The number of carboxylic acids is 1. The maximum Gasteiger partial charge on any atom is 0.337 e. The number of aromatic carboxylic acids is 1. The first-order valence-corrected chi connectivity index (χ1v) is 6.16. The van der Waals surface area contributed by atoms with Crippen LogP contribution in [0.3, 0.4) is 0 Å². The molecule has 0 aliphatic heterocycles. The highest BCUT2D eigenvalue weighted by Crippen LogP contribution is 2.26. The predicted octanol–water partition coefficient (Wildman–Crippen LogP) is 3.25. The van der Waals surface area contributed by atoms with Crippen LogP contribution in [0.2, 0.25) is 0 Å². The van der Waals surface area contributed by atoms with Crippen LogP contribution in [0.15, 0.2) is 42.6 Å². The molecule has 0 aliphatic carbocycles. The molecule has 1 aromatic heterocycles. The molecule has 98 valence electrons. The first kappa shape index (κ1) is 13.1. The number of carbonyl (C=O) groups is 1. The van der Waals surface area contributed by atoms with Gasteiger partial charge in [0.25, 0.3) is 0 Å². The molecule has 0 radical (unpaired) electrons. The van der Waals surface area contributed by atoms with E-state index in [4.69, 9.17) is 5.11 Å². The van der Waals surface area contributed by atoms with E-state index in [-0.39, 0.29) is 5.56 Å². The molecule has 0 unspecified atom stereocenters. The number of aryl methyl sites for hydroxylation is 1. The molecule has 2 aromatic rings. The molecular weight excluding hydrogens is 240 g/mol. The summed E-state index contributed by atoms with van der Waals surface area (Å²) in [6.45, 7) is 4.68. The van der Waals surface area contributed by atoms with Gasteiger partial charge in [-0.1, -0.05) is 18.2 Å². The fraction of sp³-hybridized carbons (Fsp3) is 0.200. The van der Waals surface area contributed by atoms with Crippen LogP contribution in [0.1, 0.15) is 22.8 Å². The summed E-state index contributed by atoms with van der Waals surface area (Å²) in [5, 5.41) is 8.96. The van der Waals surface area contributed by atoms with Gasteiger partial charge in [0.1, 0.15) is 5.82 Å². The van der Waals surface area contributed by atoms with Crippen molar-refractivity contribution in [1.29, 1.82) is 0 Å². The van der Waals surface area contributed by atoms with Crippen molar-refractivity contribution >= 4 is 17.5 Å². The summed E-state index contributed by atoms with van der Waals surface area (Å²) in [6, 6.07) is 11.6. The number of benzene rings is 1. The van der Waals surface area contributed by atoms with Gasteiger partial charge in [-0.3, -0.25) is 0 Å². The quantitative estimate of drug-likeness (QED) is 0.912. The molecule has 1 N–H and O–H groups in total. The SMILES string of the molecule is CCN(c1ccccc1)c1ncc(C(=O)O)cc1C. The van der Waals surface area contributed by atoms with Crippen molar-refractivity contribution in [3.05, 3.63) is 53.7 Å². The molecular formula is C15H16N2O2. The minimum atomic E-state index is -0.954. The molecule has 0 saturated heterocycles. The normalized spacial score (nSPS) is 10.2. The number of aromatic nitrogens is 1. The number of carboxylic acid groups (broad SMARTS) is 1. The van der Waals surface area contributed by atoms with Crippen LogP contribution in [0.25, 0.3) is 0 Å². The van der Waals surface area contributed by atoms with Gasteiger partial charge in [-0.05, 0) is 37.6 Å². The maximum atomic E-state index is 10.9. The Labute approximate surface area is 112 Å². The monoisotopic (exact) mass is 256 g/mol. The van der Waals surface area contributed by atoms with Crippen LogP contribution < -0.4 is 4.90 Å². The zero-order chi connectivity index (χ0) is 13.8. The number of nitrogens with zero attached hydrogens (tertiary/aromatic N) is 2. The maximum absolute atomic E-state index is 10.9. The largest absolute Gasteiger partial charge is 0.478 e. The third-order valence-electron chi connectivity index (χ3n) is 2.94. The van der Waals surface area contributed by atoms with Gasteiger partial charge in [0.05, 0.1) is 5.56 Å². The molecule has 0 saturated carbocycles. The summed E-state index contributed by atoms with van der Waals surface area (Å²) < 4.78 is 0. The average molecular weight is 256 g/mol. The van der Waals surface area contributed by atoms with E-state index in [0.29, 0.717) is 0 Å². The van der Waals surface area contributed by atoms with Crippen molar-refractivity contribution in [2.45, 2.75) is 13.8 Å². The molecule has 0 atom stereocenters. The van der Waals surface area contributed by atoms with Crippen molar-refractivity contribution in [2.24, 2.45) is 0 Å². The van der Waals surface area contributed by atoms with E-state index in [1.807, 2.05) is 44.2 Å². The fourth-order valence-corrected chi connectivity index (χ4v) is 2.03. The van der Waals surface area contributed by atoms with Crippen molar-refractivity contribution in [1.82, 2.24) is 4.98 Å². The molecule has 0 aliphatic rings. The van der Waals surface area contributed by atoms with E-state index < -0.39 is 5.97 Å². The van der Waals surface area contributed by atoms with Crippen LogP contribution in [-0.2, 0) is 0 Å². The van der Waals surface area contributed by atoms with Crippen molar-refractivity contribution in [3.8, 4) is 0 Å². The lowest BCUT2D eigenvalue weighted by Crippen LogP contribution is -2.18. The number of anilines is 2. The van der Waals surface area contributed by atoms with E-state index in [1.165, 1.54) is 6.20 Å². The minimum absolute atomic E-state index is 0.213. The Morgan fingerprint density at radius 1 is 1.32 bits per heavy atom. The molecule has 1 heterocycles. The smallest absolute Gasteiger partial charge is 0.337 e. The summed E-state index contributed by atoms with van der Waals surface area (Å²) in [7, 11) is 0. The van der Waals surface area contributed by atoms with Gasteiger partial charge in [0.2, 0.25) is 0 Å². The Morgan fingerprint density at radius 2 is 2.00 bits per heavy atom. The molecule has 0 spiro atoms. The molecule has 19 heavy (non-hydrogen) atoms. The standard InChI is InChI=1S/C15H16N2O2/c1-3-17(13-7-5-4-6-8-13)14-11(2)9-12(10-16-14)15(18)19/h4-10H,3H2,1-2H3,(H,18,19). The number of para-hydroxylation sites is 1. The van der Waals surface area contributed by atoms with Gasteiger partial charge in [0.15, 0.2) is 0 Å². The highest BCUT2D eigenvalue weighted by atomic mass is 16.4. The van der Waals surface area contributed by atoms with Gasteiger partial charge >= 0.3 is 5.97 Å². The van der Waals surface area contributed by atoms with E-state index in [0.717, 1.165) is 23.6 Å². The molecule has 0 fully saturated rings. The minimum Gasteiger partial charge on any atom is -0.478 e. The lowest BCUT2D eigenvalue weighted by atomic mass is 10.2. The summed E-state index contributed by atoms with van der Waals surface area (Å²) >= 11 is 0. The Morgan fingerprint density at radius 3 is 2.53 bits per heavy atom. The first-order valence-electron chi connectivity index (χ1n) is 6.16. The molecule has 4 heteroatoms. The highest BCUT2D eigenvalue weighted by molar-refractivity contribution is 5.88. The van der Waals surface area contributed by atoms with E-state index in [9.17, 15) is 4.79 Å². The van der Waals surface area contributed by atoms with Crippen molar-refractivity contribution < 1.29 is 9.90 Å². The Hall–Kier alpha value is -2.36. The Bertz CT molecular complexity index is 582. The van der Waals surface area contributed by atoms with Crippen LogP contribution in [-0.4, -0.2) is 22.6 Å².